The number of carbonyl (C=O) groups is 2. The fraction of sp³-hybridized carbons (Fsp3) is 0. The molecule has 0 aliphatic heterocycles. The fourth-order valence-electron chi connectivity index (χ4n) is 1.34. The Morgan fingerprint density at radius 3 is 2.58 bits per heavy atom. The minimum atomic E-state index is -1.11. The zero-order valence-corrected chi connectivity index (χ0v) is 10.3. The van der Waals surface area contributed by atoms with Gasteiger partial charge >= 0.3 is 5.97 Å². The summed E-state index contributed by atoms with van der Waals surface area (Å²) in [4.78, 5) is 30.1. The smallest absolute Gasteiger partial charge is 0.337 e. The second-order valence-corrected chi connectivity index (χ2v) is 3.98. The summed E-state index contributed by atoms with van der Waals surface area (Å²) in [7, 11) is 0. The number of rotatable bonds is 3. The van der Waals surface area contributed by atoms with E-state index in [-0.39, 0.29) is 10.7 Å². The number of carbonyl (C=O) groups excluding carboxylic acids is 1. The number of aromatic nitrogens is 2. The number of carboxylic acids is 1. The first kappa shape index (κ1) is 13.0. The molecule has 0 aliphatic carbocycles. The topological polar surface area (TPSA) is 92.2 Å². The first-order valence-electron chi connectivity index (χ1n) is 5.17. The predicted octanol–water partition coefficient (Wildman–Crippen LogP) is 2.08. The van der Waals surface area contributed by atoms with E-state index in [1.807, 2.05) is 0 Å². The van der Waals surface area contributed by atoms with E-state index < -0.39 is 11.9 Å². The van der Waals surface area contributed by atoms with Gasteiger partial charge in [-0.3, -0.25) is 9.78 Å². The van der Waals surface area contributed by atoms with Gasteiger partial charge in [0.15, 0.2) is 0 Å². The van der Waals surface area contributed by atoms with Gasteiger partial charge in [-0.1, -0.05) is 11.6 Å². The lowest BCUT2D eigenvalue weighted by molar-refractivity contribution is 0.0696. The van der Waals surface area contributed by atoms with Crippen LogP contribution < -0.4 is 5.32 Å². The largest absolute Gasteiger partial charge is 0.478 e. The molecule has 96 valence electrons. The number of nitrogens with one attached hydrogen (secondary N) is 1. The number of hydrogen-bond donors (Lipinski definition) is 2. The highest BCUT2D eigenvalue weighted by Gasteiger charge is 2.09. The van der Waals surface area contributed by atoms with E-state index in [0.29, 0.717) is 11.3 Å². The van der Waals surface area contributed by atoms with Gasteiger partial charge in [-0.25, -0.2) is 9.78 Å². The van der Waals surface area contributed by atoms with Gasteiger partial charge in [0.2, 0.25) is 0 Å². The number of amides is 1. The van der Waals surface area contributed by atoms with Gasteiger partial charge < -0.3 is 10.4 Å². The minimum Gasteiger partial charge on any atom is -0.478 e. The Hall–Kier alpha value is -2.47. The van der Waals surface area contributed by atoms with E-state index in [2.05, 4.69) is 15.3 Å². The summed E-state index contributed by atoms with van der Waals surface area (Å²) in [6.45, 7) is 0. The molecule has 2 rings (SSSR count). The zero-order chi connectivity index (χ0) is 13.8. The highest BCUT2D eigenvalue weighted by molar-refractivity contribution is 6.29. The van der Waals surface area contributed by atoms with E-state index in [4.69, 9.17) is 16.7 Å². The second-order valence-electron chi connectivity index (χ2n) is 3.59. The van der Waals surface area contributed by atoms with Gasteiger partial charge in [0.05, 0.1) is 23.0 Å². The van der Waals surface area contributed by atoms with Crippen molar-refractivity contribution in [3.05, 3.63) is 53.1 Å². The molecular formula is C12H8ClN3O3. The van der Waals surface area contributed by atoms with Crippen molar-refractivity contribution in [1.29, 1.82) is 0 Å². The van der Waals surface area contributed by atoms with Gasteiger partial charge in [0, 0.05) is 12.4 Å². The molecule has 7 heteroatoms. The van der Waals surface area contributed by atoms with Crippen molar-refractivity contribution in [3.8, 4) is 0 Å². The average molecular weight is 278 g/mol. The Kier molecular flexibility index (Phi) is 3.72. The molecule has 2 N–H and O–H groups in total. The molecule has 2 aromatic heterocycles. The summed E-state index contributed by atoms with van der Waals surface area (Å²) in [6.07, 6.45) is 3.88. The van der Waals surface area contributed by atoms with E-state index in [0.717, 1.165) is 0 Å². The Bertz CT molecular complexity index is 628. The van der Waals surface area contributed by atoms with Crippen molar-refractivity contribution in [1.82, 2.24) is 9.97 Å². The predicted molar refractivity (Wildman–Crippen MR) is 68.4 cm³/mol. The lowest BCUT2D eigenvalue weighted by atomic mass is 10.2. The summed E-state index contributed by atoms with van der Waals surface area (Å²) < 4.78 is 0. The number of anilines is 1. The molecule has 2 aromatic rings. The molecule has 0 saturated heterocycles. The van der Waals surface area contributed by atoms with Crippen molar-refractivity contribution in [3.63, 3.8) is 0 Å². The average Bonchev–Trinajstić information content (AvgIpc) is 2.39. The Balaban J connectivity index is 2.17. The third-order valence-corrected chi connectivity index (χ3v) is 2.46. The van der Waals surface area contributed by atoms with Crippen LogP contribution in [0.2, 0.25) is 5.15 Å². The maximum atomic E-state index is 11.8. The second kappa shape index (κ2) is 5.45. The summed E-state index contributed by atoms with van der Waals surface area (Å²) in [5.41, 5.74) is 0.594. The maximum Gasteiger partial charge on any atom is 0.337 e. The van der Waals surface area contributed by atoms with Crippen molar-refractivity contribution >= 4 is 29.2 Å². The summed E-state index contributed by atoms with van der Waals surface area (Å²) in [5.74, 6) is -1.54. The quantitative estimate of drug-likeness (QED) is 0.838. The van der Waals surface area contributed by atoms with Crippen molar-refractivity contribution in [2.24, 2.45) is 0 Å². The van der Waals surface area contributed by atoms with Gasteiger partial charge in [-0.05, 0) is 18.2 Å². The number of nitrogens with zero attached hydrogens (tertiary/aromatic N) is 2. The highest BCUT2D eigenvalue weighted by Crippen LogP contribution is 2.11. The van der Waals surface area contributed by atoms with Crippen LogP contribution >= 0.6 is 11.6 Å². The van der Waals surface area contributed by atoms with Crippen LogP contribution in [0.15, 0.2) is 36.8 Å². The monoisotopic (exact) mass is 277 g/mol. The summed E-state index contributed by atoms with van der Waals surface area (Å²) >= 11 is 5.61. The van der Waals surface area contributed by atoms with Crippen LogP contribution in [0, 0.1) is 0 Å². The van der Waals surface area contributed by atoms with Crippen molar-refractivity contribution in [2.45, 2.75) is 0 Å². The summed E-state index contributed by atoms with van der Waals surface area (Å²) in [5, 5.41) is 11.6. The molecule has 6 nitrogen and oxygen atoms in total. The van der Waals surface area contributed by atoms with E-state index in [9.17, 15) is 9.59 Å². The van der Waals surface area contributed by atoms with Gasteiger partial charge in [-0.15, -0.1) is 0 Å². The standard InChI is InChI=1S/C12H8ClN3O3/c13-10-2-1-7(5-15-10)11(17)16-9-3-8(12(18)19)4-14-6-9/h1-6H,(H,16,17)(H,18,19). The molecule has 0 spiro atoms. The number of carboxylic acid groups (broad SMARTS) is 1. The molecule has 2 heterocycles. The highest BCUT2D eigenvalue weighted by atomic mass is 35.5. The lowest BCUT2D eigenvalue weighted by Gasteiger charge is -2.05. The number of pyridine rings is 2. The van der Waals surface area contributed by atoms with Crippen molar-refractivity contribution < 1.29 is 14.7 Å². The van der Waals surface area contributed by atoms with Gasteiger partial charge in [-0.2, -0.15) is 0 Å². The number of aromatic carboxylic acids is 1. The Morgan fingerprint density at radius 2 is 1.95 bits per heavy atom. The molecule has 0 unspecified atom stereocenters. The minimum absolute atomic E-state index is 0.00738. The molecular weight excluding hydrogens is 270 g/mol. The molecule has 0 radical (unpaired) electrons. The molecule has 0 saturated carbocycles. The molecule has 0 aromatic carbocycles. The van der Waals surface area contributed by atoms with Gasteiger partial charge in [0.25, 0.3) is 5.91 Å². The number of halogens is 1. The molecule has 0 atom stereocenters. The van der Waals surface area contributed by atoms with Crippen LogP contribution in [0.5, 0.6) is 0 Å². The fourth-order valence-corrected chi connectivity index (χ4v) is 1.45. The van der Waals surface area contributed by atoms with E-state index >= 15 is 0 Å². The lowest BCUT2D eigenvalue weighted by Crippen LogP contribution is -2.13. The van der Waals surface area contributed by atoms with Crippen LogP contribution in [0.1, 0.15) is 20.7 Å². The first-order chi connectivity index (χ1) is 9.06. The third kappa shape index (κ3) is 3.26. The van der Waals surface area contributed by atoms with E-state index in [1.165, 1.54) is 36.8 Å². The zero-order valence-electron chi connectivity index (χ0n) is 9.50. The Labute approximate surface area is 113 Å². The summed E-state index contributed by atoms with van der Waals surface area (Å²) in [6, 6.07) is 4.32. The SMILES string of the molecule is O=C(O)c1cncc(NC(=O)c2ccc(Cl)nc2)c1. The van der Waals surface area contributed by atoms with Crippen LogP contribution in [0.3, 0.4) is 0 Å². The molecule has 19 heavy (non-hydrogen) atoms. The molecule has 0 fully saturated rings. The molecule has 0 bridgehead atoms. The first-order valence-corrected chi connectivity index (χ1v) is 5.55. The van der Waals surface area contributed by atoms with Crippen LogP contribution in [0.4, 0.5) is 5.69 Å². The maximum absolute atomic E-state index is 11.8. The molecule has 1 amide bonds. The van der Waals surface area contributed by atoms with Crippen LogP contribution in [-0.2, 0) is 0 Å². The van der Waals surface area contributed by atoms with Crippen molar-refractivity contribution in [2.75, 3.05) is 5.32 Å². The van der Waals surface area contributed by atoms with E-state index in [1.54, 1.807) is 0 Å². The number of hydrogen-bond acceptors (Lipinski definition) is 4. The van der Waals surface area contributed by atoms with Crippen LogP contribution in [0.25, 0.3) is 0 Å². The van der Waals surface area contributed by atoms with Crippen LogP contribution in [-0.4, -0.2) is 27.0 Å². The third-order valence-electron chi connectivity index (χ3n) is 2.23. The Morgan fingerprint density at radius 1 is 1.16 bits per heavy atom. The molecule has 0 aliphatic rings. The van der Waals surface area contributed by atoms with Gasteiger partial charge in [0.1, 0.15) is 5.15 Å². The normalized spacial score (nSPS) is 9.95.